The lowest BCUT2D eigenvalue weighted by Crippen LogP contribution is -2.33. The van der Waals surface area contributed by atoms with E-state index in [1.54, 1.807) is 0 Å². The molecule has 0 spiro atoms. The number of nitrogens with zero attached hydrogens (tertiary/aromatic N) is 2. The minimum absolute atomic E-state index is 0.0821. The minimum Gasteiger partial charge on any atom is -0.409 e. The van der Waals surface area contributed by atoms with Gasteiger partial charge in [0.2, 0.25) is 5.91 Å². The number of nitrogens with two attached hydrogens (primary N) is 1. The molecule has 1 aliphatic heterocycles. The molecule has 0 aromatic carbocycles. The summed E-state index contributed by atoms with van der Waals surface area (Å²) in [6.07, 6.45) is -2.03. The zero-order chi connectivity index (χ0) is 10.7. The topological polar surface area (TPSA) is 119 Å². The van der Waals surface area contributed by atoms with Gasteiger partial charge in [-0.3, -0.25) is 4.79 Å². The van der Waals surface area contributed by atoms with Crippen LogP contribution in [0.3, 0.4) is 0 Å². The molecule has 0 radical (unpaired) electrons. The molecule has 0 saturated carbocycles. The zero-order valence-corrected chi connectivity index (χ0v) is 7.50. The van der Waals surface area contributed by atoms with Gasteiger partial charge >= 0.3 is 0 Å². The minimum atomic E-state index is -0.911. The van der Waals surface area contributed by atoms with Crippen molar-refractivity contribution in [1.82, 2.24) is 4.90 Å². The average molecular weight is 203 g/mol. The monoisotopic (exact) mass is 203 g/mol. The van der Waals surface area contributed by atoms with E-state index < -0.39 is 12.2 Å². The number of amides is 1. The highest BCUT2D eigenvalue weighted by Crippen LogP contribution is 2.10. The first-order valence-corrected chi connectivity index (χ1v) is 4.15. The Morgan fingerprint density at radius 2 is 1.93 bits per heavy atom. The number of aliphatic hydroxyl groups excluding tert-OH is 2. The SMILES string of the molecule is NC(CC(=O)N1CC(O)C(O)C1)=NO. The van der Waals surface area contributed by atoms with Crippen LogP contribution in [0.15, 0.2) is 5.16 Å². The van der Waals surface area contributed by atoms with Crippen LogP contribution in [-0.2, 0) is 4.79 Å². The summed E-state index contributed by atoms with van der Waals surface area (Å²) >= 11 is 0. The number of oxime groups is 1. The molecule has 7 nitrogen and oxygen atoms in total. The van der Waals surface area contributed by atoms with Crippen LogP contribution in [0.2, 0.25) is 0 Å². The third-order valence-electron chi connectivity index (χ3n) is 2.07. The van der Waals surface area contributed by atoms with Crippen LogP contribution < -0.4 is 5.73 Å². The summed E-state index contributed by atoms with van der Waals surface area (Å²) in [5, 5.41) is 29.2. The number of β-amino-alcohol motifs (C(OH)–C–C–N with tert-alkyl or cyclic N) is 2. The van der Waals surface area contributed by atoms with E-state index in [2.05, 4.69) is 5.16 Å². The number of rotatable bonds is 2. The largest absolute Gasteiger partial charge is 0.409 e. The fourth-order valence-electron chi connectivity index (χ4n) is 1.28. The molecule has 2 atom stereocenters. The van der Waals surface area contributed by atoms with E-state index in [1.807, 2.05) is 0 Å². The van der Waals surface area contributed by atoms with Gasteiger partial charge in [0.25, 0.3) is 0 Å². The summed E-state index contributed by atoms with van der Waals surface area (Å²) in [5.41, 5.74) is 5.14. The van der Waals surface area contributed by atoms with Crippen LogP contribution in [0.1, 0.15) is 6.42 Å². The van der Waals surface area contributed by atoms with Crippen LogP contribution >= 0.6 is 0 Å². The van der Waals surface area contributed by atoms with E-state index in [-0.39, 0.29) is 31.3 Å². The van der Waals surface area contributed by atoms with Gasteiger partial charge in [-0.15, -0.1) is 0 Å². The first kappa shape index (κ1) is 10.7. The molecule has 1 fully saturated rings. The quantitative estimate of drug-likeness (QED) is 0.174. The first-order valence-electron chi connectivity index (χ1n) is 4.15. The second-order valence-electron chi connectivity index (χ2n) is 3.20. The lowest BCUT2D eigenvalue weighted by atomic mass is 10.3. The van der Waals surface area contributed by atoms with E-state index in [0.717, 1.165) is 0 Å². The Kier molecular flexibility index (Phi) is 3.26. The van der Waals surface area contributed by atoms with Gasteiger partial charge in [-0.25, -0.2) is 0 Å². The molecule has 0 aliphatic carbocycles. The van der Waals surface area contributed by atoms with Crippen LogP contribution in [0.4, 0.5) is 0 Å². The lowest BCUT2D eigenvalue weighted by Gasteiger charge is -2.14. The third-order valence-corrected chi connectivity index (χ3v) is 2.07. The molecule has 1 rings (SSSR count). The van der Waals surface area contributed by atoms with Crippen LogP contribution in [-0.4, -0.2) is 57.4 Å². The number of aliphatic hydroxyl groups is 2. The Hall–Kier alpha value is -1.34. The van der Waals surface area contributed by atoms with Crippen molar-refractivity contribution in [2.45, 2.75) is 18.6 Å². The predicted molar refractivity (Wildman–Crippen MR) is 46.6 cm³/mol. The maximum atomic E-state index is 11.3. The standard InChI is InChI=1S/C7H13N3O4/c8-6(9-14)1-7(13)10-2-4(11)5(12)3-10/h4-5,11-12,14H,1-3H2,(H2,8,9). The van der Waals surface area contributed by atoms with Crippen LogP contribution in [0.25, 0.3) is 0 Å². The number of amidine groups is 1. The van der Waals surface area contributed by atoms with Crippen LogP contribution in [0, 0.1) is 0 Å². The van der Waals surface area contributed by atoms with E-state index in [4.69, 9.17) is 21.2 Å². The Morgan fingerprint density at radius 3 is 2.36 bits per heavy atom. The summed E-state index contributed by atoms with van der Waals surface area (Å²) in [5.74, 6) is -0.568. The van der Waals surface area contributed by atoms with E-state index in [1.165, 1.54) is 4.90 Å². The first-order chi connectivity index (χ1) is 6.54. The van der Waals surface area contributed by atoms with Gasteiger partial charge in [0.05, 0.1) is 18.6 Å². The Bertz CT molecular complexity index is 245. The van der Waals surface area contributed by atoms with Gasteiger partial charge in [0.15, 0.2) is 0 Å². The fourth-order valence-corrected chi connectivity index (χ4v) is 1.28. The molecule has 1 aliphatic rings. The molecule has 14 heavy (non-hydrogen) atoms. The smallest absolute Gasteiger partial charge is 0.230 e. The molecule has 0 aromatic heterocycles. The molecular weight excluding hydrogens is 190 g/mol. The molecular formula is C7H13N3O4. The van der Waals surface area contributed by atoms with E-state index in [9.17, 15) is 4.79 Å². The van der Waals surface area contributed by atoms with Crippen molar-refractivity contribution in [3.8, 4) is 0 Å². The molecule has 7 heteroatoms. The lowest BCUT2D eigenvalue weighted by molar-refractivity contribution is -0.129. The van der Waals surface area contributed by atoms with Crippen molar-refractivity contribution >= 4 is 11.7 Å². The molecule has 5 N–H and O–H groups in total. The average Bonchev–Trinajstić information content (AvgIpc) is 2.47. The predicted octanol–water partition coefficient (Wildman–Crippen LogP) is -2.31. The van der Waals surface area contributed by atoms with Gasteiger partial charge in [-0.2, -0.15) is 0 Å². The van der Waals surface area contributed by atoms with Gasteiger partial charge in [0.1, 0.15) is 5.84 Å². The zero-order valence-electron chi connectivity index (χ0n) is 7.50. The third kappa shape index (κ3) is 2.33. The number of likely N-dealkylation sites (tertiary alicyclic amines) is 1. The normalized spacial score (nSPS) is 28.1. The molecule has 0 bridgehead atoms. The molecule has 0 aromatic rings. The number of hydrogen-bond acceptors (Lipinski definition) is 5. The summed E-state index contributed by atoms with van der Waals surface area (Å²) in [6.45, 7) is 0.164. The van der Waals surface area contributed by atoms with Gasteiger partial charge in [-0.05, 0) is 0 Å². The Labute approximate surface area is 80.4 Å². The number of carbonyl (C=O) groups excluding carboxylic acids is 1. The van der Waals surface area contributed by atoms with Gasteiger partial charge < -0.3 is 26.1 Å². The second-order valence-corrected chi connectivity index (χ2v) is 3.20. The van der Waals surface area contributed by atoms with Crippen molar-refractivity contribution in [3.63, 3.8) is 0 Å². The summed E-state index contributed by atoms with van der Waals surface area (Å²) in [6, 6.07) is 0. The Balaban J connectivity index is 2.47. The summed E-state index contributed by atoms with van der Waals surface area (Å²) in [4.78, 5) is 12.6. The van der Waals surface area contributed by atoms with E-state index >= 15 is 0 Å². The molecule has 1 heterocycles. The summed E-state index contributed by atoms with van der Waals surface area (Å²) in [7, 11) is 0. The van der Waals surface area contributed by atoms with Crippen LogP contribution in [0.5, 0.6) is 0 Å². The molecule has 80 valence electrons. The van der Waals surface area contributed by atoms with E-state index in [0.29, 0.717) is 0 Å². The highest BCUT2D eigenvalue weighted by molar-refractivity contribution is 5.98. The maximum absolute atomic E-state index is 11.3. The van der Waals surface area contributed by atoms with Crippen molar-refractivity contribution in [1.29, 1.82) is 0 Å². The van der Waals surface area contributed by atoms with Crippen molar-refractivity contribution in [2.75, 3.05) is 13.1 Å². The van der Waals surface area contributed by atoms with Crippen molar-refractivity contribution in [3.05, 3.63) is 0 Å². The van der Waals surface area contributed by atoms with Gasteiger partial charge in [-0.1, -0.05) is 5.16 Å². The molecule has 1 saturated heterocycles. The Morgan fingerprint density at radius 1 is 1.43 bits per heavy atom. The number of hydrogen-bond donors (Lipinski definition) is 4. The maximum Gasteiger partial charge on any atom is 0.230 e. The highest BCUT2D eigenvalue weighted by Gasteiger charge is 2.32. The van der Waals surface area contributed by atoms with Crippen molar-refractivity contribution < 1.29 is 20.2 Å². The second kappa shape index (κ2) is 4.25. The summed E-state index contributed by atoms with van der Waals surface area (Å²) < 4.78 is 0. The number of carbonyl (C=O) groups is 1. The fraction of sp³-hybridized carbons (Fsp3) is 0.714. The molecule has 1 amide bonds. The van der Waals surface area contributed by atoms with Crippen molar-refractivity contribution in [2.24, 2.45) is 10.9 Å². The van der Waals surface area contributed by atoms with Gasteiger partial charge in [0, 0.05) is 13.1 Å². The molecule has 2 unspecified atom stereocenters. The highest BCUT2D eigenvalue weighted by atomic mass is 16.4.